The van der Waals surface area contributed by atoms with Crippen LogP contribution in [0.5, 0.6) is 0 Å². The van der Waals surface area contributed by atoms with E-state index < -0.39 is 5.60 Å². The van der Waals surface area contributed by atoms with Crippen molar-refractivity contribution in [3.8, 4) is 0 Å². The van der Waals surface area contributed by atoms with Gasteiger partial charge >= 0.3 is 0 Å². The fourth-order valence-electron chi connectivity index (χ4n) is 2.06. The number of pyridine rings is 1. The van der Waals surface area contributed by atoms with Gasteiger partial charge < -0.3 is 5.11 Å². The average molecular weight is 204 g/mol. The molecule has 0 saturated heterocycles. The second kappa shape index (κ2) is 3.74. The number of rotatable bonds is 2. The molecule has 3 nitrogen and oxygen atoms in total. The summed E-state index contributed by atoms with van der Waals surface area (Å²) in [6.07, 6.45) is 4.09. The second-order valence-electron chi connectivity index (χ2n) is 4.14. The Morgan fingerprint density at radius 3 is 3.07 bits per heavy atom. The van der Waals surface area contributed by atoms with E-state index in [9.17, 15) is 5.11 Å². The Bertz CT molecular complexity index is 400. The first kappa shape index (κ1) is 10.3. The first-order valence-electron chi connectivity index (χ1n) is 5.38. The van der Waals surface area contributed by atoms with E-state index in [-0.39, 0.29) is 0 Å². The van der Waals surface area contributed by atoms with Crippen LogP contribution in [0.15, 0.2) is 23.3 Å². The van der Waals surface area contributed by atoms with Crippen molar-refractivity contribution in [2.75, 3.05) is 0 Å². The lowest BCUT2D eigenvalue weighted by atomic mass is 9.84. The van der Waals surface area contributed by atoms with E-state index in [1.165, 1.54) is 0 Å². The number of aromatic nitrogens is 1. The summed E-state index contributed by atoms with van der Waals surface area (Å²) in [4.78, 5) is 8.57. The lowest BCUT2D eigenvalue weighted by molar-refractivity contribution is 0.0994. The Morgan fingerprint density at radius 2 is 2.33 bits per heavy atom. The summed E-state index contributed by atoms with van der Waals surface area (Å²) in [5.41, 5.74) is 1.07. The van der Waals surface area contributed by atoms with E-state index in [1.54, 1.807) is 6.20 Å². The molecule has 1 aliphatic heterocycles. The van der Waals surface area contributed by atoms with Crippen molar-refractivity contribution >= 4 is 11.5 Å². The molecule has 1 atom stereocenters. The molecular formula is C12H16N2O. The van der Waals surface area contributed by atoms with E-state index in [0.29, 0.717) is 6.42 Å². The number of hydrogen-bond acceptors (Lipinski definition) is 3. The Hall–Kier alpha value is -1.22. The standard InChI is InChI=1S/C12H16N2O/c1-3-6-12(15)8-10-5-4-7-13-11(10)14-9(12)2/h4-5,7,15H,3,6,8H2,1-2H3. The molecule has 0 radical (unpaired) electrons. The van der Waals surface area contributed by atoms with Gasteiger partial charge in [-0.1, -0.05) is 19.4 Å². The van der Waals surface area contributed by atoms with Crippen molar-refractivity contribution < 1.29 is 5.11 Å². The van der Waals surface area contributed by atoms with Gasteiger partial charge in [-0.15, -0.1) is 0 Å². The molecule has 0 fully saturated rings. The highest BCUT2D eigenvalue weighted by molar-refractivity contribution is 5.94. The SMILES string of the molecule is CCCC1(O)Cc2cccnc2N=C1C. The van der Waals surface area contributed by atoms with Crippen LogP contribution in [0.2, 0.25) is 0 Å². The number of aliphatic hydroxyl groups is 1. The van der Waals surface area contributed by atoms with Crippen molar-refractivity contribution in [2.45, 2.75) is 38.7 Å². The molecule has 1 aromatic heterocycles. The smallest absolute Gasteiger partial charge is 0.155 e. The Kier molecular flexibility index (Phi) is 2.57. The van der Waals surface area contributed by atoms with Crippen molar-refractivity contribution in [3.05, 3.63) is 23.9 Å². The summed E-state index contributed by atoms with van der Waals surface area (Å²) in [5, 5.41) is 10.4. The second-order valence-corrected chi connectivity index (χ2v) is 4.14. The van der Waals surface area contributed by atoms with Crippen LogP contribution in [0.4, 0.5) is 5.82 Å². The molecule has 1 N–H and O–H groups in total. The molecule has 1 aliphatic rings. The molecule has 0 aliphatic carbocycles. The van der Waals surface area contributed by atoms with Gasteiger partial charge in [0, 0.05) is 23.9 Å². The first-order chi connectivity index (χ1) is 7.15. The molecule has 15 heavy (non-hydrogen) atoms. The van der Waals surface area contributed by atoms with Gasteiger partial charge in [0.05, 0.1) is 0 Å². The number of aliphatic imine (C=N–C) groups is 1. The van der Waals surface area contributed by atoms with E-state index in [4.69, 9.17) is 0 Å². The maximum Gasteiger partial charge on any atom is 0.155 e. The summed E-state index contributed by atoms with van der Waals surface area (Å²) in [6.45, 7) is 3.96. The van der Waals surface area contributed by atoms with Gasteiger partial charge in [-0.05, 0) is 19.4 Å². The first-order valence-corrected chi connectivity index (χ1v) is 5.38. The molecule has 2 rings (SSSR count). The zero-order valence-corrected chi connectivity index (χ0v) is 9.20. The van der Waals surface area contributed by atoms with Crippen LogP contribution in [0, 0.1) is 0 Å². The minimum Gasteiger partial charge on any atom is -0.384 e. The van der Waals surface area contributed by atoms with Gasteiger partial charge in [-0.3, -0.25) is 0 Å². The fraction of sp³-hybridized carbons (Fsp3) is 0.500. The highest BCUT2D eigenvalue weighted by Gasteiger charge is 2.34. The summed E-state index contributed by atoms with van der Waals surface area (Å²) in [5.74, 6) is 0.760. The Labute approximate surface area is 89.9 Å². The minimum absolute atomic E-state index is 0.638. The van der Waals surface area contributed by atoms with Crippen LogP contribution in [0.25, 0.3) is 0 Å². The van der Waals surface area contributed by atoms with Crippen LogP contribution in [0.3, 0.4) is 0 Å². The van der Waals surface area contributed by atoms with Crippen molar-refractivity contribution in [1.82, 2.24) is 4.98 Å². The predicted octanol–water partition coefficient (Wildman–Crippen LogP) is 2.26. The molecule has 1 unspecified atom stereocenters. The molecule has 1 aromatic rings. The van der Waals surface area contributed by atoms with Gasteiger partial charge in [-0.2, -0.15) is 0 Å². The van der Waals surface area contributed by atoms with Gasteiger partial charge in [0.15, 0.2) is 5.82 Å². The van der Waals surface area contributed by atoms with Crippen LogP contribution in [0.1, 0.15) is 32.3 Å². The van der Waals surface area contributed by atoms with Gasteiger partial charge in [-0.25, -0.2) is 9.98 Å². The molecule has 0 saturated carbocycles. The summed E-state index contributed by atoms with van der Waals surface area (Å²) in [6, 6.07) is 3.88. The Morgan fingerprint density at radius 1 is 1.53 bits per heavy atom. The topological polar surface area (TPSA) is 45.5 Å². The van der Waals surface area contributed by atoms with Crippen LogP contribution < -0.4 is 0 Å². The molecule has 2 heterocycles. The number of nitrogens with zero attached hydrogens (tertiary/aromatic N) is 2. The van der Waals surface area contributed by atoms with Crippen LogP contribution in [-0.2, 0) is 6.42 Å². The third-order valence-corrected chi connectivity index (χ3v) is 2.96. The summed E-state index contributed by atoms with van der Waals surface area (Å²) >= 11 is 0. The molecule has 0 spiro atoms. The maximum atomic E-state index is 10.4. The quantitative estimate of drug-likeness (QED) is 0.803. The molecule has 3 heteroatoms. The lowest BCUT2D eigenvalue weighted by Gasteiger charge is -2.31. The van der Waals surface area contributed by atoms with Gasteiger partial charge in [0.25, 0.3) is 0 Å². The van der Waals surface area contributed by atoms with Gasteiger partial charge in [0.1, 0.15) is 5.60 Å². The van der Waals surface area contributed by atoms with Crippen molar-refractivity contribution in [2.24, 2.45) is 4.99 Å². The van der Waals surface area contributed by atoms with E-state index in [2.05, 4.69) is 16.9 Å². The monoisotopic (exact) mass is 204 g/mol. The molecule has 0 amide bonds. The zero-order valence-electron chi connectivity index (χ0n) is 9.20. The normalized spacial score (nSPS) is 24.6. The van der Waals surface area contributed by atoms with Crippen molar-refractivity contribution in [3.63, 3.8) is 0 Å². The number of hydrogen-bond donors (Lipinski definition) is 1. The lowest BCUT2D eigenvalue weighted by Crippen LogP contribution is -2.41. The minimum atomic E-state index is -0.759. The van der Waals surface area contributed by atoms with Crippen LogP contribution >= 0.6 is 0 Å². The third-order valence-electron chi connectivity index (χ3n) is 2.96. The highest BCUT2D eigenvalue weighted by Crippen LogP contribution is 2.31. The highest BCUT2D eigenvalue weighted by atomic mass is 16.3. The maximum absolute atomic E-state index is 10.4. The average Bonchev–Trinajstić information content (AvgIpc) is 2.20. The Balaban J connectivity index is 2.39. The zero-order chi connectivity index (χ0) is 10.9. The third kappa shape index (κ3) is 1.79. The number of fused-ring (bicyclic) bond motifs is 1. The van der Waals surface area contributed by atoms with E-state index >= 15 is 0 Å². The predicted molar refractivity (Wildman–Crippen MR) is 60.6 cm³/mol. The summed E-state index contributed by atoms with van der Waals surface area (Å²) < 4.78 is 0. The van der Waals surface area contributed by atoms with E-state index in [0.717, 1.165) is 29.9 Å². The van der Waals surface area contributed by atoms with Crippen LogP contribution in [-0.4, -0.2) is 21.4 Å². The van der Waals surface area contributed by atoms with Crippen molar-refractivity contribution in [1.29, 1.82) is 0 Å². The van der Waals surface area contributed by atoms with E-state index in [1.807, 2.05) is 19.1 Å². The largest absolute Gasteiger partial charge is 0.384 e. The molecule has 80 valence electrons. The van der Waals surface area contributed by atoms with Gasteiger partial charge in [0.2, 0.25) is 0 Å². The summed E-state index contributed by atoms with van der Waals surface area (Å²) in [7, 11) is 0. The fourth-order valence-corrected chi connectivity index (χ4v) is 2.06. The molecular weight excluding hydrogens is 188 g/mol. The molecule has 0 aromatic carbocycles. The molecule has 0 bridgehead atoms.